The molecule has 0 saturated carbocycles. The number of anilines is 1. The normalized spacial score (nSPS) is 14.3. The van der Waals surface area contributed by atoms with Gasteiger partial charge in [-0.1, -0.05) is 35.9 Å². The summed E-state index contributed by atoms with van der Waals surface area (Å²) in [4.78, 5) is 37.2. The van der Waals surface area contributed by atoms with Gasteiger partial charge >= 0.3 is 12.0 Å². The van der Waals surface area contributed by atoms with Gasteiger partial charge in [0.2, 0.25) is 0 Å². The zero-order valence-electron chi connectivity index (χ0n) is 17.9. The summed E-state index contributed by atoms with van der Waals surface area (Å²) in [7, 11) is 1.49. The van der Waals surface area contributed by atoms with E-state index < -0.39 is 17.9 Å². The average Bonchev–Trinajstić information content (AvgIpc) is 3.10. The van der Waals surface area contributed by atoms with Gasteiger partial charge in [0.05, 0.1) is 18.4 Å². The Balaban J connectivity index is 1.50. The molecule has 0 aromatic heterocycles. The van der Waals surface area contributed by atoms with Gasteiger partial charge in [0.1, 0.15) is 12.3 Å². The lowest BCUT2D eigenvalue weighted by Crippen LogP contribution is -2.30. The third kappa shape index (κ3) is 4.87. The summed E-state index contributed by atoms with van der Waals surface area (Å²) in [6.45, 7) is 0.208. The summed E-state index contributed by atoms with van der Waals surface area (Å²) >= 11 is 5.98. The summed E-state index contributed by atoms with van der Waals surface area (Å²) in [5, 5.41) is 12.0. The van der Waals surface area contributed by atoms with Gasteiger partial charge in [-0.3, -0.25) is 4.79 Å². The first-order chi connectivity index (χ1) is 16.4. The molecule has 0 spiro atoms. The summed E-state index contributed by atoms with van der Waals surface area (Å²) in [5.41, 5.74) is 2.08. The number of imide groups is 1. The number of hydrogen-bond donors (Lipinski definition) is 2. The number of amides is 3. The van der Waals surface area contributed by atoms with E-state index in [-0.39, 0.29) is 17.9 Å². The Morgan fingerprint density at radius 2 is 1.82 bits per heavy atom. The molecule has 3 amide bonds. The van der Waals surface area contributed by atoms with E-state index >= 15 is 0 Å². The van der Waals surface area contributed by atoms with E-state index in [1.807, 2.05) is 0 Å². The van der Waals surface area contributed by atoms with Crippen LogP contribution in [-0.2, 0) is 11.4 Å². The van der Waals surface area contributed by atoms with E-state index in [0.29, 0.717) is 27.8 Å². The zero-order valence-corrected chi connectivity index (χ0v) is 18.7. The van der Waals surface area contributed by atoms with E-state index in [1.165, 1.54) is 25.3 Å². The van der Waals surface area contributed by atoms with E-state index in [4.69, 9.17) is 26.2 Å². The number of hydrogen-bond acceptors (Lipinski definition) is 5. The van der Waals surface area contributed by atoms with Crippen LogP contribution in [0.15, 0.2) is 72.4 Å². The molecular formula is C25H19ClN2O6. The topological polar surface area (TPSA) is 105 Å². The van der Waals surface area contributed by atoms with Crippen molar-refractivity contribution in [2.75, 3.05) is 12.0 Å². The minimum Gasteiger partial charge on any atom is -0.493 e. The maximum atomic E-state index is 12.8. The Bertz CT molecular complexity index is 1300. The number of carboxylic acids is 1. The smallest absolute Gasteiger partial charge is 0.335 e. The predicted octanol–water partition coefficient (Wildman–Crippen LogP) is 4.72. The van der Waals surface area contributed by atoms with Crippen molar-refractivity contribution in [2.24, 2.45) is 0 Å². The van der Waals surface area contributed by atoms with E-state index in [1.54, 1.807) is 54.6 Å². The van der Waals surface area contributed by atoms with Gasteiger partial charge in [-0.2, -0.15) is 0 Å². The molecule has 3 aromatic carbocycles. The number of carbonyl (C=O) groups excluding carboxylic acids is 2. The minimum absolute atomic E-state index is 0.110. The van der Waals surface area contributed by atoms with Crippen LogP contribution in [0.4, 0.5) is 10.5 Å². The second kappa shape index (κ2) is 9.68. The maximum absolute atomic E-state index is 12.8. The molecule has 2 N–H and O–H groups in total. The number of carbonyl (C=O) groups is 3. The standard InChI is InChI=1S/C25H19ClN2O6/c1-33-22-12-16(7-10-21(22)34-14-15-5-8-17(9-6-15)24(30)31)11-20-23(29)28(25(32)27-20)19-4-2-3-18(26)13-19/h2-13H,14H2,1H3,(H,27,32)(H,30,31)/b20-11+. The summed E-state index contributed by atoms with van der Waals surface area (Å²) in [6.07, 6.45) is 1.54. The number of halogens is 1. The minimum atomic E-state index is -0.994. The van der Waals surface area contributed by atoms with Crippen LogP contribution in [0.3, 0.4) is 0 Å². The largest absolute Gasteiger partial charge is 0.493 e. The van der Waals surface area contributed by atoms with Crippen LogP contribution in [0.1, 0.15) is 21.5 Å². The number of rotatable bonds is 7. The molecular weight excluding hydrogens is 460 g/mol. The van der Waals surface area contributed by atoms with E-state index in [9.17, 15) is 14.4 Å². The second-order valence-corrected chi connectivity index (χ2v) is 7.75. The summed E-state index contributed by atoms with van der Waals surface area (Å²) in [5.74, 6) is -0.600. The molecule has 34 heavy (non-hydrogen) atoms. The molecule has 8 nitrogen and oxygen atoms in total. The summed E-state index contributed by atoms with van der Waals surface area (Å²) in [6, 6.07) is 17.3. The monoisotopic (exact) mass is 478 g/mol. The van der Waals surface area contributed by atoms with Crippen LogP contribution in [0.2, 0.25) is 5.02 Å². The highest BCUT2D eigenvalue weighted by molar-refractivity contribution is 6.32. The fourth-order valence-corrected chi connectivity index (χ4v) is 3.53. The van der Waals surface area contributed by atoms with Gasteiger partial charge in [0, 0.05) is 5.02 Å². The van der Waals surface area contributed by atoms with Gasteiger partial charge in [0.25, 0.3) is 5.91 Å². The highest BCUT2D eigenvalue weighted by Crippen LogP contribution is 2.31. The van der Waals surface area contributed by atoms with E-state index in [0.717, 1.165) is 10.5 Å². The van der Waals surface area contributed by atoms with Crippen LogP contribution < -0.4 is 19.7 Å². The molecule has 0 unspecified atom stereocenters. The molecule has 0 aliphatic carbocycles. The molecule has 1 fully saturated rings. The van der Waals surface area contributed by atoms with Crippen molar-refractivity contribution in [3.8, 4) is 11.5 Å². The highest BCUT2D eigenvalue weighted by Gasteiger charge is 2.35. The first-order valence-electron chi connectivity index (χ1n) is 10.1. The fourth-order valence-electron chi connectivity index (χ4n) is 3.35. The molecule has 0 bridgehead atoms. The van der Waals surface area contributed by atoms with Gasteiger partial charge < -0.3 is 19.9 Å². The van der Waals surface area contributed by atoms with Crippen molar-refractivity contribution in [3.63, 3.8) is 0 Å². The Labute approximate surface area is 200 Å². The SMILES string of the molecule is COc1cc(/C=C2/NC(=O)N(c3cccc(Cl)c3)C2=O)ccc1OCc1ccc(C(=O)O)cc1. The quantitative estimate of drug-likeness (QED) is 0.376. The third-order valence-electron chi connectivity index (χ3n) is 5.04. The van der Waals surface area contributed by atoms with Gasteiger partial charge in [-0.15, -0.1) is 0 Å². The Morgan fingerprint density at radius 1 is 1.06 bits per heavy atom. The fraction of sp³-hybridized carbons (Fsp3) is 0.0800. The highest BCUT2D eigenvalue weighted by atomic mass is 35.5. The van der Waals surface area contributed by atoms with Crippen LogP contribution in [0.25, 0.3) is 6.08 Å². The Hall–Kier alpha value is -4.30. The number of nitrogens with one attached hydrogen (secondary N) is 1. The second-order valence-electron chi connectivity index (χ2n) is 7.31. The first-order valence-corrected chi connectivity index (χ1v) is 10.5. The molecule has 0 radical (unpaired) electrons. The van der Waals surface area contributed by atoms with Crippen molar-refractivity contribution >= 4 is 41.3 Å². The average molecular weight is 479 g/mol. The number of aromatic carboxylic acids is 1. The van der Waals surface area contributed by atoms with Crippen molar-refractivity contribution in [1.82, 2.24) is 5.32 Å². The van der Waals surface area contributed by atoms with Crippen LogP contribution in [0.5, 0.6) is 11.5 Å². The van der Waals surface area contributed by atoms with Gasteiger partial charge in [-0.05, 0) is 59.7 Å². The number of urea groups is 1. The number of nitrogens with zero attached hydrogens (tertiary/aromatic N) is 1. The van der Waals surface area contributed by atoms with E-state index in [2.05, 4.69) is 5.32 Å². The lowest BCUT2D eigenvalue weighted by atomic mass is 10.1. The van der Waals surface area contributed by atoms with Crippen LogP contribution >= 0.6 is 11.6 Å². The first kappa shape index (κ1) is 22.9. The zero-order chi connectivity index (χ0) is 24.2. The molecule has 3 aromatic rings. The van der Waals surface area contributed by atoms with Crippen molar-refractivity contribution in [1.29, 1.82) is 0 Å². The predicted molar refractivity (Wildman–Crippen MR) is 126 cm³/mol. The molecule has 1 heterocycles. The molecule has 1 aliphatic heterocycles. The third-order valence-corrected chi connectivity index (χ3v) is 5.27. The summed E-state index contributed by atoms with van der Waals surface area (Å²) < 4.78 is 11.2. The van der Waals surface area contributed by atoms with Crippen molar-refractivity contribution in [2.45, 2.75) is 6.61 Å². The number of ether oxygens (including phenoxy) is 2. The molecule has 4 rings (SSSR count). The van der Waals surface area contributed by atoms with Gasteiger partial charge in [-0.25, -0.2) is 14.5 Å². The molecule has 1 aliphatic rings. The van der Waals surface area contributed by atoms with Crippen LogP contribution in [0, 0.1) is 0 Å². The van der Waals surface area contributed by atoms with Crippen molar-refractivity contribution in [3.05, 3.63) is 94.1 Å². The van der Waals surface area contributed by atoms with Gasteiger partial charge in [0.15, 0.2) is 11.5 Å². The number of carboxylic acid groups (broad SMARTS) is 1. The molecule has 9 heteroatoms. The Morgan fingerprint density at radius 3 is 2.50 bits per heavy atom. The molecule has 172 valence electrons. The molecule has 0 atom stereocenters. The van der Waals surface area contributed by atoms with Crippen molar-refractivity contribution < 1.29 is 29.0 Å². The lowest BCUT2D eigenvalue weighted by Gasteiger charge is -2.12. The molecule has 1 saturated heterocycles. The lowest BCUT2D eigenvalue weighted by molar-refractivity contribution is -0.113. The Kier molecular flexibility index (Phi) is 6.51. The maximum Gasteiger partial charge on any atom is 0.335 e. The number of benzene rings is 3. The van der Waals surface area contributed by atoms with Crippen LogP contribution in [-0.4, -0.2) is 30.1 Å². The number of methoxy groups -OCH3 is 1.